The minimum Gasteiger partial charge on any atom is -0.332 e. The van der Waals surface area contributed by atoms with Crippen LogP contribution in [0.4, 0.5) is 0 Å². The number of aryl methyl sites for hydroxylation is 2. The first-order valence-corrected chi connectivity index (χ1v) is 6.62. The smallest absolute Gasteiger partial charge is 0.288 e. The van der Waals surface area contributed by atoms with E-state index in [-0.39, 0.29) is 37.7 Å². The second-order valence-corrected chi connectivity index (χ2v) is 4.84. The topological polar surface area (TPSA) is 59.7 Å². The quantitative estimate of drug-likeness (QED) is 0.856. The molecule has 0 saturated heterocycles. The van der Waals surface area contributed by atoms with Crippen LogP contribution in [0.2, 0.25) is 0 Å². The molecule has 0 unspecified atom stereocenters. The SMILES string of the molecule is CCOC1(c2cc(C)cc(C)c2)N=c2nccnc2=N1.[Ar]. The van der Waals surface area contributed by atoms with E-state index < -0.39 is 5.85 Å². The Morgan fingerprint density at radius 1 is 0.952 bits per heavy atom. The maximum atomic E-state index is 5.86. The molecule has 6 heteroatoms. The van der Waals surface area contributed by atoms with Gasteiger partial charge in [-0.25, -0.2) is 20.0 Å². The molecular formula is C15H16ArN4O. The van der Waals surface area contributed by atoms with Crippen LogP contribution in [0.1, 0.15) is 23.6 Å². The van der Waals surface area contributed by atoms with Gasteiger partial charge in [0.1, 0.15) is 0 Å². The van der Waals surface area contributed by atoms with Crippen molar-refractivity contribution in [3.8, 4) is 0 Å². The van der Waals surface area contributed by atoms with E-state index >= 15 is 0 Å². The molecule has 1 aromatic heterocycles. The van der Waals surface area contributed by atoms with Gasteiger partial charge in [-0.1, -0.05) is 17.2 Å². The molecule has 3 rings (SSSR count). The number of benzene rings is 1. The molecule has 2 heterocycles. The van der Waals surface area contributed by atoms with Crippen LogP contribution in [-0.4, -0.2) is 16.6 Å². The van der Waals surface area contributed by atoms with E-state index in [0.29, 0.717) is 17.6 Å². The summed E-state index contributed by atoms with van der Waals surface area (Å²) in [6.07, 6.45) is 3.22. The molecule has 5 nitrogen and oxygen atoms in total. The van der Waals surface area contributed by atoms with Crippen LogP contribution in [0.25, 0.3) is 0 Å². The number of aromatic nitrogens is 2. The van der Waals surface area contributed by atoms with Crippen molar-refractivity contribution in [3.63, 3.8) is 0 Å². The molecule has 0 aliphatic carbocycles. The molecule has 0 radical (unpaired) electrons. The summed E-state index contributed by atoms with van der Waals surface area (Å²) in [5.41, 5.74) is 4.28. The molecule has 1 aromatic carbocycles. The average molecular weight is 308 g/mol. The predicted molar refractivity (Wildman–Crippen MR) is 73.6 cm³/mol. The van der Waals surface area contributed by atoms with Gasteiger partial charge in [0.05, 0.1) is 0 Å². The minimum atomic E-state index is -1.05. The van der Waals surface area contributed by atoms with Crippen molar-refractivity contribution in [2.24, 2.45) is 9.98 Å². The fourth-order valence-corrected chi connectivity index (χ4v) is 2.43. The number of fused-ring (bicyclic) bond motifs is 1. The molecule has 0 amide bonds. The Balaban J connectivity index is 0.00000161. The summed E-state index contributed by atoms with van der Waals surface area (Å²) < 4.78 is 5.86. The van der Waals surface area contributed by atoms with Crippen molar-refractivity contribution in [2.45, 2.75) is 26.6 Å². The minimum absolute atomic E-state index is 0. The van der Waals surface area contributed by atoms with Gasteiger partial charge in [-0.2, -0.15) is 0 Å². The van der Waals surface area contributed by atoms with Gasteiger partial charge < -0.3 is 4.74 Å². The first-order valence-electron chi connectivity index (χ1n) is 6.62. The van der Waals surface area contributed by atoms with Gasteiger partial charge in [0.15, 0.2) is 11.0 Å². The number of ether oxygens (including phenoxy) is 1. The van der Waals surface area contributed by atoms with Crippen molar-refractivity contribution in [3.05, 3.63) is 58.3 Å². The normalized spacial score (nSPS) is 14.6. The zero-order valence-electron chi connectivity index (χ0n) is 12.1. The maximum Gasteiger partial charge on any atom is 0.288 e. The summed E-state index contributed by atoms with van der Waals surface area (Å²) in [6, 6.07) is 6.20. The fraction of sp³-hybridized carbons (Fsp3) is 0.333. The van der Waals surface area contributed by atoms with Crippen LogP contribution >= 0.6 is 0 Å². The fourth-order valence-electron chi connectivity index (χ4n) is 2.43. The van der Waals surface area contributed by atoms with E-state index in [0.717, 1.165) is 16.7 Å². The summed E-state index contributed by atoms with van der Waals surface area (Å²) in [7, 11) is 0. The monoisotopic (exact) mass is 308 g/mol. The molecule has 0 saturated carbocycles. The van der Waals surface area contributed by atoms with Crippen LogP contribution < -0.4 is 11.0 Å². The Labute approximate surface area is 153 Å². The van der Waals surface area contributed by atoms with Crippen molar-refractivity contribution in [1.82, 2.24) is 9.97 Å². The first-order chi connectivity index (χ1) is 9.63. The second kappa shape index (κ2) is 6.48. The Hall–Kier alpha value is -0.880. The molecular weight excluding hydrogens is 292 g/mol. The van der Waals surface area contributed by atoms with E-state index in [2.05, 4.69) is 39.9 Å². The van der Waals surface area contributed by atoms with Gasteiger partial charge in [0.2, 0.25) is 0 Å². The zero-order valence-corrected chi connectivity index (χ0v) is 12.9. The van der Waals surface area contributed by atoms with Crippen LogP contribution in [0.15, 0.2) is 40.6 Å². The van der Waals surface area contributed by atoms with Gasteiger partial charge >= 0.3 is 0 Å². The number of hydrogen-bond acceptors (Lipinski definition) is 5. The summed E-state index contributed by atoms with van der Waals surface area (Å²) in [4.78, 5) is 17.5. The number of rotatable bonds is 3. The summed E-state index contributed by atoms with van der Waals surface area (Å²) in [5, 5.41) is 0. The number of hydrogen-bond donors (Lipinski definition) is 0. The molecule has 2 aromatic rings. The van der Waals surface area contributed by atoms with Crippen LogP contribution in [0.5, 0.6) is 0 Å². The molecule has 1 aliphatic heterocycles. The van der Waals surface area contributed by atoms with Gasteiger partial charge in [-0.05, 0) is 32.9 Å². The van der Waals surface area contributed by atoms with Crippen molar-refractivity contribution < 1.29 is 42.5 Å². The van der Waals surface area contributed by atoms with Gasteiger partial charge in [0.25, 0.3) is 5.85 Å². The summed E-state index contributed by atoms with van der Waals surface area (Å²) in [6.45, 7) is 6.54. The van der Waals surface area contributed by atoms with E-state index in [1.54, 1.807) is 12.4 Å². The zero-order chi connectivity index (χ0) is 14.2. The summed E-state index contributed by atoms with van der Waals surface area (Å²) in [5.74, 6) is -1.05. The Morgan fingerprint density at radius 3 is 1.95 bits per heavy atom. The second-order valence-electron chi connectivity index (χ2n) is 4.84. The number of nitrogens with zero attached hydrogens (tertiary/aromatic N) is 4. The molecule has 21 heavy (non-hydrogen) atoms. The molecule has 0 spiro atoms. The molecule has 0 fully saturated rings. The Kier molecular flexibility index (Phi) is 5.09. The largest absolute Gasteiger partial charge is 0.332 e. The third-order valence-corrected chi connectivity index (χ3v) is 3.12. The van der Waals surface area contributed by atoms with Crippen LogP contribution in [-0.2, 0) is 10.6 Å². The predicted octanol–water partition coefficient (Wildman–Crippen LogP) is 1.19. The van der Waals surface area contributed by atoms with E-state index in [1.807, 2.05) is 19.1 Å². The molecule has 0 N–H and O–H groups in total. The maximum absolute atomic E-state index is 5.86. The van der Waals surface area contributed by atoms with Crippen molar-refractivity contribution in [2.75, 3.05) is 6.61 Å². The van der Waals surface area contributed by atoms with Crippen molar-refractivity contribution in [1.29, 1.82) is 0 Å². The third-order valence-electron chi connectivity index (χ3n) is 3.12. The average Bonchev–Trinajstić information content (AvgIpc) is 2.77. The molecule has 0 atom stereocenters. The Morgan fingerprint density at radius 2 is 1.48 bits per heavy atom. The molecule has 1 aliphatic rings. The molecule has 0 bridgehead atoms. The van der Waals surface area contributed by atoms with Crippen LogP contribution in [0, 0.1) is 51.6 Å². The van der Waals surface area contributed by atoms with Crippen molar-refractivity contribution >= 4 is 0 Å². The van der Waals surface area contributed by atoms with Crippen LogP contribution in [0.3, 0.4) is 0 Å². The standard InChI is InChI=1S/C15H16N4O.Ar/c1-4-20-15(12-8-10(2)7-11(3)9-12)18-13-14(19-15)17-6-5-16-13;/h5-9H,4H2,1-3H3;. The van der Waals surface area contributed by atoms with Gasteiger partial charge in [-0.15, -0.1) is 0 Å². The summed E-state index contributed by atoms with van der Waals surface area (Å²) >= 11 is 0. The Bertz CT molecular complexity index is 720. The first kappa shape index (κ1) is 16.5. The van der Waals surface area contributed by atoms with Gasteiger partial charge in [-0.3, -0.25) is 0 Å². The van der Waals surface area contributed by atoms with E-state index in [1.165, 1.54) is 0 Å². The van der Waals surface area contributed by atoms with E-state index in [9.17, 15) is 0 Å². The third kappa shape index (κ3) is 3.16. The van der Waals surface area contributed by atoms with E-state index in [4.69, 9.17) is 4.74 Å². The van der Waals surface area contributed by atoms with Gasteiger partial charge in [0, 0.05) is 62.3 Å². The molecule has 110 valence electrons.